The first-order valence-corrected chi connectivity index (χ1v) is 10.5. The summed E-state index contributed by atoms with van der Waals surface area (Å²) in [6.07, 6.45) is -0.952. The normalized spacial score (nSPS) is 29.1. The summed E-state index contributed by atoms with van der Waals surface area (Å²) in [4.78, 5) is 4.35. The van der Waals surface area contributed by atoms with Crippen LogP contribution >= 0.6 is 0 Å². The highest BCUT2D eigenvalue weighted by atomic mass is 19.4. The molecule has 29 heavy (non-hydrogen) atoms. The largest absolute Gasteiger partial charge is 0.416 e. The number of nitrogens with one attached hydrogen (secondary N) is 1. The van der Waals surface area contributed by atoms with Crippen molar-refractivity contribution in [3.63, 3.8) is 0 Å². The number of piperidine rings is 1. The highest BCUT2D eigenvalue weighted by Gasteiger charge is 2.49. The fraction of sp³-hybridized carbons (Fsp3) is 0.714. The summed E-state index contributed by atoms with van der Waals surface area (Å²) >= 11 is 0. The third kappa shape index (κ3) is 4.91. The Morgan fingerprint density at radius 2 is 1.69 bits per heavy atom. The molecule has 1 N–H and O–H groups in total. The first-order valence-electron chi connectivity index (χ1n) is 10.5. The first-order chi connectivity index (χ1) is 13.7. The van der Waals surface area contributed by atoms with E-state index in [9.17, 15) is 22.0 Å². The molecule has 0 aliphatic carbocycles. The van der Waals surface area contributed by atoms with E-state index in [1.807, 2.05) is 4.90 Å². The smallest absolute Gasteiger partial charge is 0.317 e. The van der Waals surface area contributed by atoms with Crippen molar-refractivity contribution in [1.29, 1.82) is 0 Å². The summed E-state index contributed by atoms with van der Waals surface area (Å²) in [5, 5.41) is 3.35. The maximum Gasteiger partial charge on any atom is 0.416 e. The van der Waals surface area contributed by atoms with Crippen LogP contribution in [0.4, 0.5) is 22.0 Å². The van der Waals surface area contributed by atoms with Gasteiger partial charge in [0.15, 0.2) is 0 Å². The molecule has 0 bridgehead atoms. The van der Waals surface area contributed by atoms with Crippen LogP contribution in [0.3, 0.4) is 0 Å². The predicted octanol–water partition coefficient (Wildman–Crippen LogP) is 3.78. The number of fused-ring (bicyclic) bond motifs is 1. The molecule has 162 valence electrons. The van der Waals surface area contributed by atoms with Gasteiger partial charge < -0.3 is 5.32 Å². The van der Waals surface area contributed by atoms with E-state index in [1.54, 1.807) is 0 Å². The Hall–Kier alpha value is -1.25. The second kappa shape index (κ2) is 8.12. The van der Waals surface area contributed by atoms with E-state index in [1.165, 1.54) is 12.1 Å². The average Bonchev–Trinajstić information content (AvgIpc) is 2.98. The van der Waals surface area contributed by atoms with Gasteiger partial charge in [-0.1, -0.05) is 12.1 Å². The van der Waals surface area contributed by atoms with Gasteiger partial charge in [-0.05, 0) is 56.5 Å². The third-order valence-corrected chi connectivity index (χ3v) is 6.65. The Morgan fingerprint density at radius 3 is 2.34 bits per heavy atom. The molecular weight excluding hydrogens is 389 g/mol. The lowest BCUT2D eigenvalue weighted by Crippen LogP contribution is -2.60. The van der Waals surface area contributed by atoms with E-state index < -0.39 is 17.7 Å². The van der Waals surface area contributed by atoms with Crippen LogP contribution in [0.1, 0.15) is 36.8 Å². The molecule has 0 radical (unpaired) electrons. The van der Waals surface area contributed by atoms with Gasteiger partial charge in [0.1, 0.15) is 0 Å². The summed E-state index contributed by atoms with van der Waals surface area (Å²) in [6.45, 7) is 2.99. The summed E-state index contributed by atoms with van der Waals surface area (Å²) in [7, 11) is 0. The topological polar surface area (TPSA) is 18.5 Å². The van der Waals surface area contributed by atoms with Crippen LogP contribution in [0, 0.1) is 0 Å². The van der Waals surface area contributed by atoms with Crippen LogP contribution in [0.5, 0.6) is 0 Å². The molecule has 8 heteroatoms. The number of benzene rings is 1. The Bertz CT molecular complexity index is 685. The van der Waals surface area contributed by atoms with Crippen molar-refractivity contribution in [2.45, 2.75) is 62.3 Å². The van der Waals surface area contributed by atoms with E-state index in [2.05, 4.69) is 10.2 Å². The minimum atomic E-state index is -4.33. The maximum atomic E-state index is 14.0. The monoisotopic (exact) mass is 417 g/mol. The van der Waals surface area contributed by atoms with Crippen molar-refractivity contribution in [2.75, 3.05) is 32.7 Å². The fourth-order valence-corrected chi connectivity index (χ4v) is 5.16. The molecule has 3 aliphatic rings. The molecule has 4 rings (SSSR count). The number of hydrogen-bond donors (Lipinski definition) is 1. The summed E-state index contributed by atoms with van der Waals surface area (Å²) in [5.74, 6) is -2.62. The van der Waals surface area contributed by atoms with Crippen LogP contribution in [-0.2, 0) is 12.6 Å². The molecule has 0 spiro atoms. The quantitative estimate of drug-likeness (QED) is 0.753. The number of piperazine rings is 1. The first kappa shape index (κ1) is 21.0. The van der Waals surface area contributed by atoms with Crippen LogP contribution < -0.4 is 5.32 Å². The van der Waals surface area contributed by atoms with Gasteiger partial charge in [0.05, 0.1) is 12.1 Å². The number of nitrogens with zero attached hydrogens (tertiary/aromatic N) is 2. The van der Waals surface area contributed by atoms with Crippen molar-refractivity contribution >= 4 is 0 Å². The van der Waals surface area contributed by atoms with Crippen LogP contribution in [0.2, 0.25) is 0 Å². The van der Waals surface area contributed by atoms with Crippen molar-refractivity contribution in [2.24, 2.45) is 0 Å². The SMILES string of the molecule is FC1(F)C[C@H]2CN(C3CCNCC3)[C@@H](CCc3ccc(C(F)(F)F)cc3)CN2C1. The molecule has 1 aromatic rings. The number of alkyl halides is 5. The molecule has 1 aromatic carbocycles. The lowest BCUT2D eigenvalue weighted by molar-refractivity contribution is -0.137. The molecule has 0 unspecified atom stereocenters. The highest BCUT2D eigenvalue weighted by Crippen LogP contribution is 2.37. The van der Waals surface area contributed by atoms with Crippen molar-refractivity contribution in [3.05, 3.63) is 35.4 Å². The average molecular weight is 417 g/mol. The number of aryl methyl sites for hydroxylation is 1. The number of rotatable bonds is 4. The van der Waals surface area contributed by atoms with Crippen molar-refractivity contribution in [1.82, 2.24) is 15.1 Å². The second-order valence-electron chi connectivity index (χ2n) is 8.71. The molecule has 3 nitrogen and oxygen atoms in total. The van der Waals surface area contributed by atoms with E-state index in [0.29, 0.717) is 25.6 Å². The molecule has 0 amide bonds. The van der Waals surface area contributed by atoms with Gasteiger partial charge in [0, 0.05) is 37.6 Å². The number of hydrogen-bond acceptors (Lipinski definition) is 3. The fourth-order valence-electron chi connectivity index (χ4n) is 5.16. The molecule has 3 saturated heterocycles. The Morgan fingerprint density at radius 1 is 1.00 bits per heavy atom. The summed E-state index contributed by atoms with van der Waals surface area (Å²) < 4.78 is 66.2. The molecule has 0 saturated carbocycles. The second-order valence-corrected chi connectivity index (χ2v) is 8.71. The van der Waals surface area contributed by atoms with Gasteiger partial charge in [0.2, 0.25) is 0 Å². The standard InChI is InChI=1S/C21H28F5N3/c22-20(23)11-19-13-29(17-7-9-27-10-8-17)18(12-28(19)14-20)6-3-15-1-4-16(5-2-15)21(24,25)26/h1-2,4-5,17-19,27H,3,6-14H2/t18-,19-/m0/s1. The zero-order valence-electron chi connectivity index (χ0n) is 16.4. The Labute approximate surface area is 168 Å². The van der Waals surface area contributed by atoms with E-state index in [0.717, 1.165) is 50.0 Å². The Balaban J connectivity index is 1.44. The Kier molecular flexibility index (Phi) is 5.88. The number of halogens is 5. The van der Waals surface area contributed by atoms with E-state index >= 15 is 0 Å². The molecule has 0 aromatic heterocycles. The molecular formula is C21H28F5N3. The van der Waals surface area contributed by atoms with Crippen LogP contribution in [0.15, 0.2) is 24.3 Å². The van der Waals surface area contributed by atoms with Gasteiger partial charge in [-0.2, -0.15) is 13.2 Å². The van der Waals surface area contributed by atoms with Gasteiger partial charge >= 0.3 is 6.18 Å². The van der Waals surface area contributed by atoms with Crippen LogP contribution in [-0.4, -0.2) is 66.6 Å². The van der Waals surface area contributed by atoms with Gasteiger partial charge in [-0.15, -0.1) is 0 Å². The lowest BCUT2D eigenvalue weighted by Gasteiger charge is -2.48. The van der Waals surface area contributed by atoms with Gasteiger partial charge in [-0.25, -0.2) is 8.78 Å². The molecule has 3 heterocycles. The van der Waals surface area contributed by atoms with Crippen LogP contribution in [0.25, 0.3) is 0 Å². The van der Waals surface area contributed by atoms with Gasteiger partial charge in [-0.3, -0.25) is 9.80 Å². The molecule has 3 aliphatic heterocycles. The van der Waals surface area contributed by atoms with Crippen molar-refractivity contribution < 1.29 is 22.0 Å². The summed E-state index contributed by atoms with van der Waals surface area (Å²) in [6, 6.07) is 5.77. The third-order valence-electron chi connectivity index (χ3n) is 6.65. The minimum Gasteiger partial charge on any atom is -0.317 e. The van der Waals surface area contributed by atoms with Crippen molar-refractivity contribution in [3.8, 4) is 0 Å². The predicted molar refractivity (Wildman–Crippen MR) is 101 cm³/mol. The molecule has 3 fully saturated rings. The zero-order chi connectivity index (χ0) is 20.6. The minimum absolute atomic E-state index is 0.0694. The lowest BCUT2D eigenvalue weighted by atomic mass is 9.94. The highest BCUT2D eigenvalue weighted by molar-refractivity contribution is 5.24. The molecule has 2 atom stereocenters. The zero-order valence-corrected chi connectivity index (χ0v) is 16.4. The van der Waals surface area contributed by atoms with E-state index in [-0.39, 0.29) is 25.0 Å². The summed E-state index contributed by atoms with van der Waals surface area (Å²) in [5.41, 5.74) is 0.217. The van der Waals surface area contributed by atoms with Gasteiger partial charge in [0.25, 0.3) is 5.92 Å². The maximum absolute atomic E-state index is 14.0. The van der Waals surface area contributed by atoms with E-state index in [4.69, 9.17) is 0 Å².